The summed E-state index contributed by atoms with van der Waals surface area (Å²) < 4.78 is 28.6. The number of aromatic nitrogens is 4. The second kappa shape index (κ2) is 9.54. The molecule has 2 atom stereocenters. The quantitative estimate of drug-likeness (QED) is 0.531. The molecular weight excluding hydrogens is 414 g/mol. The minimum absolute atomic E-state index is 0.216. The van der Waals surface area contributed by atoms with Gasteiger partial charge in [0.2, 0.25) is 11.8 Å². The van der Waals surface area contributed by atoms with E-state index in [0.29, 0.717) is 18.4 Å². The number of pyridine rings is 1. The number of rotatable bonds is 12. The van der Waals surface area contributed by atoms with Crippen molar-refractivity contribution in [3.05, 3.63) is 24.2 Å². The van der Waals surface area contributed by atoms with E-state index in [4.69, 9.17) is 9.72 Å². The molecule has 2 heterocycles. The van der Waals surface area contributed by atoms with Crippen LogP contribution in [0, 0.1) is 11.8 Å². The monoisotopic (exact) mass is 447 g/mol. The highest BCUT2D eigenvalue weighted by Crippen LogP contribution is 2.44. The van der Waals surface area contributed by atoms with E-state index in [1.165, 1.54) is 44.6 Å². The maximum absolute atomic E-state index is 11.5. The standard InChI is InChI=1S/C22H33N5O3S/c1-3-27(22-24-21(25-26-22)16-6-4-7-16)12-5-8-17-14-18(17)11-13-30-20-10-9-19(15-23-20)31(2,28)29/h9-10,15-18H,3-8,11-14H2,1-2H3,(H,24,25,26)/t17-,18+/m0/s1. The van der Waals surface area contributed by atoms with Gasteiger partial charge in [0.05, 0.1) is 11.5 Å². The summed E-state index contributed by atoms with van der Waals surface area (Å²) in [4.78, 5) is 11.3. The van der Waals surface area contributed by atoms with E-state index in [-0.39, 0.29) is 4.90 Å². The first-order chi connectivity index (χ1) is 14.9. The van der Waals surface area contributed by atoms with Crippen molar-refractivity contribution in [3.8, 4) is 5.88 Å². The summed E-state index contributed by atoms with van der Waals surface area (Å²) in [6.45, 7) is 4.73. The maximum Gasteiger partial charge on any atom is 0.221 e. The summed E-state index contributed by atoms with van der Waals surface area (Å²) in [6, 6.07) is 3.17. The second-order valence-electron chi connectivity index (χ2n) is 8.86. The van der Waals surface area contributed by atoms with Crippen molar-refractivity contribution in [2.45, 2.75) is 62.7 Å². The Balaban J connectivity index is 1.12. The van der Waals surface area contributed by atoms with Crippen molar-refractivity contribution in [2.75, 3.05) is 30.9 Å². The van der Waals surface area contributed by atoms with Crippen LogP contribution in [0.5, 0.6) is 5.88 Å². The van der Waals surface area contributed by atoms with Crippen molar-refractivity contribution in [1.82, 2.24) is 20.2 Å². The van der Waals surface area contributed by atoms with Crippen molar-refractivity contribution in [2.24, 2.45) is 11.8 Å². The van der Waals surface area contributed by atoms with Gasteiger partial charge in [0.1, 0.15) is 0 Å². The van der Waals surface area contributed by atoms with Crippen LogP contribution in [0.25, 0.3) is 0 Å². The third-order valence-corrected chi connectivity index (χ3v) is 7.69. The molecule has 9 heteroatoms. The summed E-state index contributed by atoms with van der Waals surface area (Å²) in [5.74, 6) is 4.45. The van der Waals surface area contributed by atoms with Gasteiger partial charge < -0.3 is 9.64 Å². The lowest BCUT2D eigenvalue weighted by Crippen LogP contribution is -2.25. The minimum atomic E-state index is -3.22. The molecule has 170 valence electrons. The number of sulfone groups is 1. The molecule has 0 spiro atoms. The molecule has 0 aromatic carbocycles. The molecule has 0 aliphatic heterocycles. The molecule has 4 rings (SSSR count). The lowest BCUT2D eigenvalue weighted by Gasteiger charge is -2.22. The molecule has 2 aromatic rings. The van der Waals surface area contributed by atoms with Gasteiger partial charge in [0.15, 0.2) is 15.7 Å². The molecule has 2 saturated carbocycles. The smallest absolute Gasteiger partial charge is 0.221 e. The van der Waals surface area contributed by atoms with Gasteiger partial charge in [-0.2, -0.15) is 10.1 Å². The van der Waals surface area contributed by atoms with E-state index in [1.54, 1.807) is 12.1 Å². The number of aromatic amines is 1. The van der Waals surface area contributed by atoms with Gasteiger partial charge in [-0.15, -0.1) is 0 Å². The predicted octanol–water partition coefficient (Wildman–Crippen LogP) is 3.58. The first kappa shape index (κ1) is 22.0. The van der Waals surface area contributed by atoms with E-state index in [1.807, 2.05) is 0 Å². The van der Waals surface area contributed by atoms with E-state index >= 15 is 0 Å². The van der Waals surface area contributed by atoms with E-state index in [0.717, 1.165) is 49.5 Å². The van der Waals surface area contributed by atoms with Crippen molar-refractivity contribution in [3.63, 3.8) is 0 Å². The molecule has 0 unspecified atom stereocenters. The lowest BCUT2D eigenvalue weighted by molar-refractivity contribution is 0.287. The first-order valence-electron chi connectivity index (χ1n) is 11.4. The number of ether oxygens (including phenoxy) is 1. The molecule has 2 fully saturated rings. The zero-order valence-corrected chi connectivity index (χ0v) is 19.3. The van der Waals surface area contributed by atoms with Crippen LogP contribution in [0.15, 0.2) is 23.2 Å². The fraction of sp³-hybridized carbons (Fsp3) is 0.682. The average Bonchev–Trinajstić information content (AvgIpc) is 3.27. The van der Waals surface area contributed by atoms with Crippen LogP contribution in [0.3, 0.4) is 0 Å². The van der Waals surface area contributed by atoms with Crippen LogP contribution < -0.4 is 9.64 Å². The third kappa shape index (κ3) is 5.75. The van der Waals surface area contributed by atoms with Crippen molar-refractivity contribution >= 4 is 15.8 Å². The minimum Gasteiger partial charge on any atom is -0.478 e. The molecule has 2 aliphatic rings. The summed E-state index contributed by atoms with van der Waals surface area (Å²) in [5.41, 5.74) is 0. The average molecular weight is 448 g/mol. The fourth-order valence-corrected chi connectivity index (χ4v) is 4.78. The van der Waals surface area contributed by atoms with E-state index < -0.39 is 9.84 Å². The normalized spacial score (nSPS) is 21.0. The highest BCUT2D eigenvalue weighted by atomic mass is 32.2. The number of anilines is 1. The molecule has 2 aliphatic carbocycles. The zero-order valence-electron chi connectivity index (χ0n) is 18.5. The van der Waals surface area contributed by atoms with Crippen LogP contribution in [0.1, 0.15) is 63.6 Å². The van der Waals surface area contributed by atoms with Gasteiger partial charge >= 0.3 is 0 Å². The molecule has 2 aromatic heterocycles. The Morgan fingerprint density at radius 2 is 2.03 bits per heavy atom. The highest BCUT2D eigenvalue weighted by Gasteiger charge is 2.36. The number of hydrogen-bond acceptors (Lipinski definition) is 7. The predicted molar refractivity (Wildman–Crippen MR) is 119 cm³/mol. The molecule has 0 saturated heterocycles. The Labute approximate surface area is 184 Å². The van der Waals surface area contributed by atoms with Crippen LogP contribution in [-0.2, 0) is 9.84 Å². The van der Waals surface area contributed by atoms with Crippen LogP contribution in [-0.4, -0.2) is 54.5 Å². The zero-order chi connectivity index (χ0) is 21.8. The van der Waals surface area contributed by atoms with Crippen LogP contribution in [0.2, 0.25) is 0 Å². The SMILES string of the molecule is CCN(CCC[C@H]1C[C@H]1CCOc1ccc(S(C)(=O)=O)cn1)c1nc(C2CCC2)n[nH]1. The first-order valence-corrected chi connectivity index (χ1v) is 13.3. The largest absolute Gasteiger partial charge is 0.478 e. The fourth-order valence-electron chi connectivity index (χ4n) is 4.22. The number of nitrogens with zero attached hydrogens (tertiary/aromatic N) is 4. The molecule has 8 nitrogen and oxygen atoms in total. The van der Waals surface area contributed by atoms with E-state index in [9.17, 15) is 8.42 Å². The Bertz CT molecular complexity index is 956. The van der Waals surface area contributed by atoms with Gasteiger partial charge in [0, 0.05) is 37.5 Å². The number of hydrogen-bond donors (Lipinski definition) is 1. The molecule has 0 bridgehead atoms. The van der Waals surface area contributed by atoms with Crippen molar-refractivity contribution in [1.29, 1.82) is 0 Å². The molecular formula is C22H33N5O3S. The summed E-state index contributed by atoms with van der Waals surface area (Å²) >= 11 is 0. The van der Waals surface area contributed by atoms with Gasteiger partial charge in [-0.05, 0) is 63.4 Å². The van der Waals surface area contributed by atoms with Gasteiger partial charge in [-0.25, -0.2) is 18.5 Å². The van der Waals surface area contributed by atoms with Crippen molar-refractivity contribution < 1.29 is 13.2 Å². The summed E-state index contributed by atoms with van der Waals surface area (Å²) in [6.07, 6.45) is 10.9. The number of H-pyrrole nitrogens is 1. The summed E-state index contributed by atoms with van der Waals surface area (Å²) in [5, 5.41) is 7.56. The highest BCUT2D eigenvalue weighted by molar-refractivity contribution is 7.90. The van der Waals surface area contributed by atoms with Crippen LogP contribution >= 0.6 is 0 Å². The maximum atomic E-state index is 11.5. The number of nitrogens with one attached hydrogen (secondary N) is 1. The molecule has 1 N–H and O–H groups in total. The lowest BCUT2D eigenvalue weighted by atomic mass is 9.85. The van der Waals surface area contributed by atoms with Crippen LogP contribution in [0.4, 0.5) is 5.95 Å². The van der Waals surface area contributed by atoms with E-state index in [2.05, 4.69) is 27.0 Å². The molecule has 31 heavy (non-hydrogen) atoms. The Hall–Kier alpha value is -2.16. The topological polar surface area (TPSA) is 101 Å². The Morgan fingerprint density at radius 3 is 2.68 bits per heavy atom. The second-order valence-corrected chi connectivity index (χ2v) is 10.9. The Morgan fingerprint density at radius 1 is 1.23 bits per heavy atom. The summed E-state index contributed by atoms with van der Waals surface area (Å²) in [7, 11) is -3.22. The van der Waals surface area contributed by atoms with Gasteiger partial charge in [-0.3, -0.25) is 0 Å². The van der Waals surface area contributed by atoms with Gasteiger partial charge in [-0.1, -0.05) is 6.42 Å². The molecule has 0 amide bonds. The van der Waals surface area contributed by atoms with Gasteiger partial charge in [0.25, 0.3) is 0 Å². The third-order valence-electron chi connectivity index (χ3n) is 6.59. The molecule has 0 radical (unpaired) electrons. The Kier molecular flexibility index (Phi) is 6.79.